The van der Waals surface area contributed by atoms with Gasteiger partial charge in [0, 0.05) is 18.4 Å². The van der Waals surface area contributed by atoms with Crippen molar-refractivity contribution in [2.45, 2.75) is 26.6 Å². The van der Waals surface area contributed by atoms with Gasteiger partial charge in [0.15, 0.2) is 0 Å². The number of anilines is 2. The number of benzene rings is 3. The Morgan fingerprint density at radius 2 is 1.62 bits per heavy atom. The van der Waals surface area contributed by atoms with Gasteiger partial charge in [0.2, 0.25) is 5.91 Å². The van der Waals surface area contributed by atoms with Crippen LogP contribution in [0.3, 0.4) is 0 Å². The molecule has 0 heterocycles. The van der Waals surface area contributed by atoms with Crippen molar-refractivity contribution >= 4 is 23.3 Å². The largest absolute Gasteiger partial charge is 0.497 e. The third kappa shape index (κ3) is 7.35. The van der Waals surface area contributed by atoms with Crippen LogP contribution in [0.5, 0.6) is 5.75 Å². The predicted octanol–water partition coefficient (Wildman–Crippen LogP) is 5.08. The summed E-state index contributed by atoms with van der Waals surface area (Å²) in [6, 6.07) is 22.4. The molecule has 0 radical (unpaired) electrons. The molecule has 3 amide bonds. The Morgan fingerprint density at radius 1 is 0.882 bits per heavy atom. The van der Waals surface area contributed by atoms with Gasteiger partial charge in [-0.1, -0.05) is 49.4 Å². The van der Waals surface area contributed by atoms with E-state index in [9.17, 15) is 9.59 Å². The molecular weight excluding hydrogens is 430 g/mol. The van der Waals surface area contributed by atoms with Gasteiger partial charge in [-0.05, 0) is 53.4 Å². The standard InChI is InChI=1S/C27H31N3O4/c1-4-22-9-5-6-11-25(22)29-26(31)17-30(2)27(32)28-23-10-7-8-21(16-23)19-34-18-20-12-14-24(33-3)15-13-20/h5-16H,4,17-19H2,1-3H3,(H,28,32)(H,29,31). The Labute approximate surface area is 200 Å². The second-order valence-electron chi connectivity index (χ2n) is 7.89. The minimum atomic E-state index is -0.366. The van der Waals surface area contributed by atoms with Crippen molar-refractivity contribution in [1.29, 1.82) is 0 Å². The summed E-state index contributed by atoms with van der Waals surface area (Å²) in [7, 11) is 3.22. The summed E-state index contributed by atoms with van der Waals surface area (Å²) in [6.07, 6.45) is 0.812. The van der Waals surface area contributed by atoms with E-state index in [1.165, 1.54) is 4.90 Å². The highest BCUT2D eigenvalue weighted by molar-refractivity contribution is 5.97. The number of urea groups is 1. The van der Waals surface area contributed by atoms with E-state index < -0.39 is 0 Å². The van der Waals surface area contributed by atoms with Gasteiger partial charge in [0.25, 0.3) is 0 Å². The Hall–Kier alpha value is -3.84. The summed E-state index contributed by atoms with van der Waals surface area (Å²) in [4.78, 5) is 26.3. The molecular formula is C27H31N3O4. The van der Waals surface area contributed by atoms with Gasteiger partial charge in [0.1, 0.15) is 12.3 Å². The lowest BCUT2D eigenvalue weighted by Crippen LogP contribution is -2.37. The van der Waals surface area contributed by atoms with Gasteiger partial charge in [-0.3, -0.25) is 4.79 Å². The molecule has 0 atom stereocenters. The molecule has 0 spiro atoms. The highest BCUT2D eigenvalue weighted by Gasteiger charge is 2.14. The van der Waals surface area contributed by atoms with Gasteiger partial charge in [-0.25, -0.2) is 4.79 Å². The molecule has 7 nitrogen and oxygen atoms in total. The van der Waals surface area contributed by atoms with Crippen molar-refractivity contribution in [2.24, 2.45) is 0 Å². The maximum Gasteiger partial charge on any atom is 0.322 e. The quantitative estimate of drug-likeness (QED) is 0.441. The Balaban J connectivity index is 1.48. The van der Waals surface area contributed by atoms with Gasteiger partial charge in [-0.15, -0.1) is 0 Å². The summed E-state index contributed by atoms with van der Waals surface area (Å²) >= 11 is 0. The van der Waals surface area contributed by atoms with E-state index in [0.717, 1.165) is 34.5 Å². The minimum absolute atomic E-state index is 0.0610. The molecule has 0 aliphatic carbocycles. The van der Waals surface area contributed by atoms with E-state index in [-0.39, 0.29) is 18.5 Å². The van der Waals surface area contributed by atoms with Crippen LogP contribution < -0.4 is 15.4 Å². The van der Waals surface area contributed by atoms with Crippen LogP contribution in [0.15, 0.2) is 72.8 Å². The fourth-order valence-corrected chi connectivity index (χ4v) is 3.39. The highest BCUT2D eigenvalue weighted by Crippen LogP contribution is 2.17. The number of nitrogens with zero attached hydrogens (tertiary/aromatic N) is 1. The van der Waals surface area contributed by atoms with Crippen LogP contribution in [0.2, 0.25) is 0 Å². The number of likely N-dealkylation sites (N-methyl/N-ethyl adjacent to an activating group) is 1. The SMILES string of the molecule is CCc1ccccc1NC(=O)CN(C)C(=O)Nc1cccc(COCc2ccc(OC)cc2)c1. The van der Waals surface area contributed by atoms with Gasteiger partial charge in [0.05, 0.1) is 20.3 Å². The Kier molecular flexibility index (Phi) is 9.05. The van der Waals surface area contributed by atoms with E-state index in [1.807, 2.05) is 73.7 Å². The maximum absolute atomic E-state index is 12.6. The summed E-state index contributed by atoms with van der Waals surface area (Å²) in [5.74, 6) is 0.555. The molecule has 3 rings (SSSR count). The number of carbonyl (C=O) groups excluding carboxylic acids is 2. The molecule has 7 heteroatoms. The van der Waals surface area contributed by atoms with Crippen molar-refractivity contribution in [3.63, 3.8) is 0 Å². The third-order valence-electron chi connectivity index (χ3n) is 5.27. The lowest BCUT2D eigenvalue weighted by Gasteiger charge is -2.18. The van der Waals surface area contributed by atoms with Crippen molar-refractivity contribution in [3.8, 4) is 5.75 Å². The number of carbonyl (C=O) groups is 2. The third-order valence-corrected chi connectivity index (χ3v) is 5.27. The first-order valence-corrected chi connectivity index (χ1v) is 11.2. The first kappa shape index (κ1) is 24.8. The van der Waals surface area contributed by atoms with E-state index in [4.69, 9.17) is 9.47 Å². The van der Waals surface area contributed by atoms with E-state index in [1.54, 1.807) is 20.2 Å². The first-order chi connectivity index (χ1) is 16.5. The predicted molar refractivity (Wildman–Crippen MR) is 134 cm³/mol. The molecule has 0 fully saturated rings. The zero-order valence-corrected chi connectivity index (χ0v) is 19.8. The lowest BCUT2D eigenvalue weighted by molar-refractivity contribution is -0.116. The first-order valence-electron chi connectivity index (χ1n) is 11.2. The molecule has 0 aromatic heterocycles. The molecule has 0 unspecified atom stereocenters. The smallest absolute Gasteiger partial charge is 0.322 e. The van der Waals surface area contributed by atoms with Gasteiger partial charge in [-0.2, -0.15) is 0 Å². The monoisotopic (exact) mass is 461 g/mol. The molecule has 0 saturated carbocycles. The van der Waals surface area contributed by atoms with Gasteiger partial charge >= 0.3 is 6.03 Å². The van der Waals surface area contributed by atoms with Crippen LogP contribution in [-0.2, 0) is 29.2 Å². The lowest BCUT2D eigenvalue weighted by atomic mass is 10.1. The van der Waals surface area contributed by atoms with E-state index in [0.29, 0.717) is 18.9 Å². The summed E-state index contributed by atoms with van der Waals surface area (Å²) in [5.41, 5.74) is 4.44. The average Bonchev–Trinajstić information content (AvgIpc) is 2.85. The van der Waals surface area contributed by atoms with Crippen LogP contribution in [0.1, 0.15) is 23.6 Å². The number of hydrogen-bond acceptors (Lipinski definition) is 4. The van der Waals surface area contributed by atoms with Crippen LogP contribution in [0.25, 0.3) is 0 Å². The van der Waals surface area contributed by atoms with Gasteiger partial charge < -0.3 is 25.0 Å². The second-order valence-corrected chi connectivity index (χ2v) is 7.89. The van der Waals surface area contributed by atoms with E-state index >= 15 is 0 Å². The van der Waals surface area contributed by atoms with Crippen LogP contribution >= 0.6 is 0 Å². The molecule has 3 aromatic carbocycles. The second kappa shape index (κ2) is 12.4. The number of ether oxygens (including phenoxy) is 2. The normalized spacial score (nSPS) is 10.4. The van der Waals surface area contributed by atoms with Crippen LogP contribution in [-0.4, -0.2) is 37.5 Å². The van der Waals surface area contributed by atoms with Crippen molar-refractivity contribution < 1.29 is 19.1 Å². The molecule has 0 bridgehead atoms. The number of hydrogen-bond donors (Lipinski definition) is 2. The minimum Gasteiger partial charge on any atom is -0.497 e. The number of nitrogens with one attached hydrogen (secondary N) is 2. The molecule has 0 aliphatic rings. The Morgan fingerprint density at radius 3 is 2.35 bits per heavy atom. The van der Waals surface area contributed by atoms with Crippen LogP contribution in [0.4, 0.5) is 16.2 Å². The summed E-state index contributed by atoms with van der Waals surface area (Å²) < 4.78 is 11.0. The van der Waals surface area contributed by atoms with Crippen molar-refractivity contribution in [1.82, 2.24) is 4.90 Å². The number of rotatable bonds is 10. The maximum atomic E-state index is 12.6. The number of amides is 3. The Bertz CT molecular complexity index is 1100. The fourth-order valence-electron chi connectivity index (χ4n) is 3.39. The summed E-state index contributed by atoms with van der Waals surface area (Å²) in [5, 5.41) is 5.71. The zero-order valence-electron chi connectivity index (χ0n) is 19.8. The molecule has 34 heavy (non-hydrogen) atoms. The molecule has 0 aliphatic heterocycles. The number of methoxy groups -OCH3 is 1. The fraction of sp³-hybridized carbons (Fsp3) is 0.259. The topological polar surface area (TPSA) is 79.9 Å². The number of para-hydroxylation sites is 1. The summed E-state index contributed by atoms with van der Waals surface area (Å²) in [6.45, 7) is 2.85. The average molecular weight is 462 g/mol. The number of aryl methyl sites for hydroxylation is 1. The molecule has 178 valence electrons. The highest BCUT2D eigenvalue weighted by atomic mass is 16.5. The molecule has 3 aromatic rings. The molecule has 0 saturated heterocycles. The molecule has 2 N–H and O–H groups in total. The van der Waals surface area contributed by atoms with Crippen molar-refractivity contribution in [3.05, 3.63) is 89.5 Å². The zero-order chi connectivity index (χ0) is 24.3. The van der Waals surface area contributed by atoms with Crippen molar-refractivity contribution in [2.75, 3.05) is 31.3 Å². The van der Waals surface area contributed by atoms with Crippen LogP contribution in [0, 0.1) is 0 Å². The van der Waals surface area contributed by atoms with E-state index in [2.05, 4.69) is 10.6 Å².